The molecule has 0 spiro atoms. The summed E-state index contributed by atoms with van der Waals surface area (Å²) in [5.41, 5.74) is 0. The van der Waals surface area contributed by atoms with Crippen LogP contribution in [-0.4, -0.2) is 27.5 Å². The van der Waals surface area contributed by atoms with E-state index in [1.807, 2.05) is 6.92 Å². The van der Waals surface area contributed by atoms with E-state index < -0.39 is 15.9 Å². The van der Waals surface area contributed by atoms with Gasteiger partial charge in [0, 0.05) is 18.4 Å². The third-order valence-corrected chi connectivity index (χ3v) is 5.05. The van der Waals surface area contributed by atoms with Crippen LogP contribution in [0.1, 0.15) is 19.8 Å². The zero-order valence-corrected chi connectivity index (χ0v) is 12.5. The van der Waals surface area contributed by atoms with Gasteiger partial charge in [0.2, 0.25) is 5.91 Å². The quantitative estimate of drug-likeness (QED) is 0.910. The van der Waals surface area contributed by atoms with Crippen LogP contribution in [0.25, 0.3) is 0 Å². The summed E-state index contributed by atoms with van der Waals surface area (Å²) < 4.78 is 37.5. The van der Waals surface area contributed by atoms with Crippen molar-refractivity contribution in [3.05, 3.63) is 18.2 Å². The molecule has 6 nitrogen and oxygen atoms in total. The van der Waals surface area contributed by atoms with Crippen molar-refractivity contribution in [2.75, 3.05) is 13.2 Å². The van der Waals surface area contributed by atoms with E-state index in [-0.39, 0.29) is 16.7 Å². The molecule has 1 aliphatic heterocycles. The number of hydrogen-bond donors (Lipinski definition) is 1. The summed E-state index contributed by atoms with van der Waals surface area (Å²) in [6, 6.07) is 4.37. The molecule has 1 heterocycles. The molecule has 1 fully saturated rings. The van der Waals surface area contributed by atoms with Crippen molar-refractivity contribution in [3.8, 4) is 11.5 Å². The first kappa shape index (κ1) is 14.2. The number of carbonyl (C=O) groups excluding carboxylic acids is 1. The van der Waals surface area contributed by atoms with Gasteiger partial charge in [0.1, 0.15) is 0 Å². The van der Waals surface area contributed by atoms with Crippen molar-refractivity contribution in [2.45, 2.75) is 24.7 Å². The molecule has 0 saturated heterocycles. The molecule has 1 aromatic carbocycles. The van der Waals surface area contributed by atoms with E-state index in [1.54, 1.807) is 6.07 Å². The van der Waals surface area contributed by atoms with Crippen molar-refractivity contribution in [2.24, 2.45) is 11.8 Å². The van der Waals surface area contributed by atoms with Crippen molar-refractivity contribution < 1.29 is 22.7 Å². The Balaban J connectivity index is 1.82. The summed E-state index contributed by atoms with van der Waals surface area (Å²) >= 11 is 0. The number of fused-ring (bicyclic) bond motifs is 1. The highest BCUT2D eigenvalue weighted by atomic mass is 32.2. The molecule has 114 valence electrons. The zero-order valence-electron chi connectivity index (χ0n) is 11.7. The van der Waals surface area contributed by atoms with Crippen LogP contribution in [0.5, 0.6) is 11.5 Å². The smallest absolute Gasteiger partial charge is 0.264 e. The minimum atomic E-state index is -3.87. The number of ether oxygens (including phenoxy) is 2. The Kier molecular flexibility index (Phi) is 3.52. The van der Waals surface area contributed by atoms with Crippen LogP contribution >= 0.6 is 0 Å². The summed E-state index contributed by atoms with van der Waals surface area (Å²) in [6.07, 6.45) is 1.48. The van der Waals surface area contributed by atoms with E-state index in [9.17, 15) is 13.2 Å². The van der Waals surface area contributed by atoms with Gasteiger partial charge in [-0.1, -0.05) is 6.92 Å². The van der Waals surface area contributed by atoms with Crippen molar-refractivity contribution in [3.63, 3.8) is 0 Å². The minimum absolute atomic E-state index is 0.00778. The molecule has 1 amide bonds. The van der Waals surface area contributed by atoms with Gasteiger partial charge in [0.15, 0.2) is 11.5 Å². The second kappa shape index (κ2) is 5.22. The standard InChI is InChI=1S/C14H17NO5S/c1-9-7-11(9)14(16)15-21(17,18)10-3-4-12-13(8-10)20-6-2-5-19-12/h3-4,8-9,11H,2,5-7H2,1H3,(H,15,16)/t9-,11-/m0/s1. The number of hydrogen-bond acceptors (Lipinski definition) is 5. The number of benzene rings is 1. The van der Waals surface area contributed by atoms with Gasteiger partial charge in [-0.2, -0.15) is 0 Å². The molecule has 3 rings (SSSR count). The second-order valence-electron chi connectivity index (χ2n) is 5.45. The van der Waals surface area contributed by atoms with Gasteiger partial charge in [-0.05, 0) is 24.5 Å². The summed E-state index contributed by atoms with van der Waals surface area (Å²) in [5, 5.41) is 0. The number of carbonyl (C=O) groups is 1. The topological polar surface area (TPSA) is 81.7 Å². The molecular weight excluding hydrogens is 294 g/mol. The molecule has 1 aliphatic carbocycles. The van der Waals surface area contributed by atoms with E-state index in [0.717, 1.165) is 12.8 Å². The lowest BCUT2D eigenvalue weighted by Crippen LogP contribution is -2.32. The maximum absolute atomic E-state index is 12.2. The maximum Gasteiger partial charge on any atom is 0.264 e. The summed E-state index contributed by atoms with van der Waals surface area (Å²) in [7, 11) is -3.87. The lowest BCUT2D eigenvalue weighted by atomic mass is 10.3. The van der Waals surface area contributed by atoms with E-state index in [4.69, 9.17) is 9.47 Å². The summed E-state index contributed by atoms with van der Waals surface area (Å²) in [4.78, 5) is 11.8. The lowest BCUT2D eigenvalue weighted by Gasteiger charge is -2.10. The van der Waals surface area contributed by atoms with Gasteiger partial charge >= 0.3 is 0 Å². The fourth-order valence-electron chi connectivity index (χ4n) is 2.27. The van der Waals surface area contributed by atoms with Crippen LogP contribution in [0, 0.1) is 11.8 Å². The molecular formula is C14H17NO5S. The Hall–Kier alpha value is -1.76. The Morgan fingerprint density at radius 2 is 1.90 bits per heavy atom. The highest BCUT2D eigenvalue weighted by Crippen LogP contribution is 2.38. The molecule has 0 aromatic heterocycles. The van der Waals surface area contributed by atoms with Gasteiger partial charge in [-0.3, -0.25) is 4.79 Å². The summed E-state index contributed by atoms with van der Waals surface area (Å²) in [6.45, 7) is 2.93. The Morgan fingerprint density at radius 1 is 1.24 bits per heavy atom. The van der Waals surface area contributed by atoms with E-state index in [2.05, 4.69) is 4.72 Å². The van der Waals surface area contributed by atoms with Crippen LogP contribution < -0.4 is 14.2 Å². The molecule has 0 radical (unpaired) electrons. The number of amides is 1. The van der Waals surface area contributed by atoms with E-state index >= 15 is 0 Å². The fraction of sp³-hybridized carbons (Fsp3) is 0.500. The highest BCUT2D eigenvalue weighted by molar-refractivity contribution is 7.90. The Labute approximate surface area is 123 Å². The van der Waals surface area contributed by atoms with Gasteiger partial charge in [0.05, 0.1) is 18.1 Å². The normalized spacial score (nSPS) is 24.0. The van der Waals surface area contributed by atoms with Gasteiger partial charge < -0.3 is 9.47 Å². The van der Waals surface area contributed by atoms with Crippen molar-refractivity contribution in [1.29, 1.82) is 0 Å². The van der Waals surface area contributed by atoms with E-state index in [0.29, 0.717) is 24.7 Å². The van der Waals surface area contributed by atoms with Gasteiger partial charge in [-0.25, -0.2) is 13.1 Å². The Bertz CT molecular complexity index is 670. The predicted molar refractivity (Wildman–Crippen MR) is 74.6 cm³/mol. The maximum atomic E-state index is 12.2. The lowest BCUT2D eigenvalue weighted by molar-refractivity contribution is -0.120. The fourth-order valence-corrected chi connectivity index (χ4v) is 3.31. The summed E-state index contributed by atoms with van der Waals surface area (Å²) in [5.74, 6) is 0.537. The second-order valence-corrected chi connectivity index (χ2v) is 7.13. The third kappa shape index (κ3) is 2.97. The predicted octanol–water partition coefficient (Wildman–Crippen LogP) is 1.31. The van der Waals surface area contributed by atoms with Crippen LogP contribution in [0.3, 0.4) is 0 Å². The van der Waals surface area contributed by atoms with Crippen molar-refractivity contribution >= 4 is 15.9 Å². The first-order valence-electron chi connectivity index (χ1n) is 6.94. The van der Waals surface area contributed by atoms with Crippen LogP contribution in [0.15, 0.2) is 23.1 Å². The van der Waals surface area contributed by atoms with Crippen LogP contribution in [-0.2, 0) is 14.8 Å². The van der Waals surface area contributed by atoms with Crippen LogP contribution in [0.4, 0.5) is 0 Å². The van der Waals surface area contributed by atoms with Crippen molar-refractivity contribution in [1.82, 2.24) is 4.72 Å². The first-order valence-corrected chi connectivity index (χ1v) is 8.42. The molecule has 7 heteroatoms. The molecule has 21 heavy (non-hydrogen) atoms. The molecule has 0 bridgehead atoms. The average molecular weight is 311 g/mol. The number of rotatable bonds is 3. The molecule has 2 aliphatic rings. The zero-order chi connectivity index (χ0) is 15.0. The minimum Gasteiger partial charge on any atom is -0.490 e. The monoisotopic (exact) mass is 311 g/mol. The molecule has 1 aromatic rings. The molecule has 1 saturated carbocycles. The van der Waals surface area contributed by atoms with Gasteiger partial charge in [0.25, 0.3) is 10.0 Å². The SMILES string of the molecule is C[C@H]1C[C@@H]1C(=O)NS(=O)(=O)c1ccc2c(c1)OCCCO2. The van der Waals surface area contributed by atoms with Gasteiger partial charge in [-0.15, -0.1) is 0 Å². The Morgan fingerprint density at radius 3 is 2.57 bits per heavy atom. The number of sulfonamides is 1. The molecule has 1 N–H and O–H groups in total. The first-order chi connectivity index (χ1) is 9.97. The van der Waals surface area contributed by atoms with E-state index in [1.165, 1.54) is 12.1 Å². The highest BCUT2D eigenvalue weighted by Gasteiger charge is 2.40. The molecule has 0 unspecified atom stereocenters. The average Bonchev–Trinajstić information content (AvgIpc) is 3.19. The number of nitrogens with one attached hydrogen (secondary N) is 1. The largest absolute Gasteiger partial charge is 0.490 e. The molecule has 2 atom stereocenters. The van der Waals surface area contributed by atoms with Crippen LogP contribution in [0.2, 0.25) is 0 Å². The third-order valence-electron chi connectivity index (χ3n) is 3.71.